The van der Waals surface area contributed by atoms with Crippen molar-refractivity contribution >= 4 is 6.03 Å². The molecule has 1 heterocycles. The fourth-order valence-corrected chi connectivity index (χ4v) is 3.73. The molecule has 0 aromatic heterocycles. The Hall–Kier alpha value is -0.810. The average Bonchev–Trinajstić information content (AvgIpc) is 2.81. The summed E-state index contributed by atoms with van der Waals surface area (Å²) < 4.78 is 6.02. The second kappa shape index (κ2) is 5.76. The van der Waals surface area contributed by atoms with Gasteiger partial charge in [-0.1, -0.05) is 0 Å². The molecular formula is C16H31N3O2. The third kappa shape index (κ3) is 4.10. The van der Waals surface area contributed by atoms with Crippen molar-refractivity contribution in [3.63, 3.8) is 0 Å². The van der Waals surface area contributed by atoms with Gasteiger partial charge in [-0.25, -0.2) is 4.79 Å². The Kier molecular flexibility index (Phi) is 4.54. The Morgan fingerprint density at radius 1 is 1.14 bits per heavy atom. The quantitative estimate of drug-likeness (QED) is 0.839. The van der Waals surface area contributed by atoms with Gasteiger partial charge in [0.2, 0.25) is 0 Å². The Labute approximate surface area is 128 Å². The first-order valence-electron chi connectivity index (χ1n) is 8.03. The normalized spacial score (nSPS) is 34.1. The van der Waals surface area contributed by atoms with Crippen LogP contribution in [-0.4, -0.2) is 54.4 Å². The number of nitrogens with one attached hydrogen (secondary N) is 2. The van der Waals surface area contributed by atoms with Gasteiger partial charge < -0.3 is 20.3 Å². The molecule has 3 atom stereocenters. The van der Waals surface area contributed by atoms with Crippen molar-refractivity contribution < 1.29 is 9.53 Å². The van der Waals surface area contributed by atoms with E-state index in [-0.39, 0.29) is 29.3 Å². The van der Waals surface area contributed by atoms with Gasteiger partial charge in [0.1, 0.15) is 0 Å². The molecule has 1 aliphatic heterocycles. The maximum absolute atomic E-state index is 12.2. The predicted molar refractivity (Wildman–Crippen MR) is 84.4 cm³/mol. The van der Waals surface area contributed by atoms with E-state index in [1.54, 1.807) is 0 Å². The summed E-state index contributed by atoms with van der Waals surface area (Å²) in [6, 6.07) is 0.869. The van der Waals surface area contributed by atoms with Crippen LogP contribution < -0.4 is 10.6 Å². The smallest absolute Gasteiger partial charge is 0.315 e. The SMILES string of the molecule is CN(C)[C@@H]1CC[C@H](NC(=O)N[C@H]2CC(C)(C)OC2(C)C)C1. The minimum atomic E-state index is -0.317. The second-order valence-corrected chi connectivity index (χ2v) is 7.97. The van der Waals surface area contributed by atoms with Gasteiger partial charge in [0, 0.05) is 12.1 Å². The Bertz CT molecular complexity index is 393. The summed E-state index contributed by atoms with van der Waals surface area (Å²) in [6.45, 7) is 8.24. The zero-order valence-corrected chi connectivity index (χ0v) is 14.3. The number of nitrogens with zero attached hydrogens (tertiary/aromatic N) is 1. The van der Waals surface area contributed by atoms with E-state index < -0.39 is 0 Å². The molecule has 122 valence electrons. The molecule has 2 aliphatic rings. The summed E-state index contributed by atoms with van der Waals surface area (Å²) in [5.41, 5.74) is -0.493. The van der Waals surface area contributed by atoms with Crippen molar-refractivity contribution in [3.8, 4) is 0 Å². The molecule has 2 amide bonds. The van der Waals surface area contributed by atoms with Crippen LogP contribution in [0.3, 0.4) is 0 Å². The van der Waals surface area contributed by atoms with Crippen LogP contribution in [0.25, 0.3) is 0 Å². The number of amides is 2. The van der Waals surface area contributed by atoms with Crippen molar-refractivity contribution in [2.75, 3.05) is 14.1 Å². The molecule has 2 N–H and O–H groups in total. The largest absolute Gasteiger partial charge is 0.367 e. The monoisotopic (exact) mass is 297 g/mol. The zero-order chi connectivity index (χ0) is 15.8. The van der Waals surface area contributed by atoms with E-state index in [2.05, 4.69) is 43.5 Å². The number of hydrogen-bond acceptors (Lipinski definition) is 3. The lowest BCUT2D eigenvalue weighted by Crippen LogP contribution is -2.51. The molecule has 0 aromatic rings. The first kappa shape index (κ1) is 16.6. The molecule has 5 nitrogen and oxygen atoms in total. The molecular weight excluding hydrogens is 266 g/mol. The Morgan fingerprint density at radius 2 is 1.81 bits per heavy atom. The van der Waals surface area contributed by atoms with Crippen LogP contribution in [0.4, 0.5) is 4.79 Å². The molecule has 1 saturated heterocycles. The molecule has 21 heavy (non-hydrogen) atoms. The van der Waals surface area contributed by atoms with Crippen molar-refractivity contribution in [1.82, 2.24) is 15.5 Å². The molecule has 0 radical (unpaired) electrons. The number of rotatable bonds is 3. The van der Waals surface area contributed by atoms with E-state index >= 15 is 0 Å². The Balaban J connectivity index is 1.83. The van der Waals surface area contributed by atoms with Gasteiger partial charge in [-0.05, 0) is 67.5 Å². The summed E-state index contributed by atoms with van der Waals surface area (Å²) in [5.74, 6) is 0. The molecule has 2 rings (SSSR count). The summed E-state index contributed by atoms with van der Waals surface area (Å²) in [6.07, 6.45) is 4.10. The molecule has 1 aliphatic carbocycles. The van der Waals surface area contributed by atoms with Gasteiger partial charge >= 0.3 is 6.03 Å². The minimum absolute atomic E-state index is 0.0542. The molecule has 0 aromatic carbocycles. The summed E-state index contributed by atoms with van der Waals surface area (Å²) >= 11 is 0. The van der Waals surface area contributed by atoms with Crippen LogP contribution >= 0.6 is 0 Å². The lowest BCUT2D eigenvalue weighted by Gasteiger charge is -2.28. The lowest BCUT2D eigenvalue weighted by molar-refractivity contribution is -0.0690. The topological polar surface area (TPSA) is 53.6 Å². The van der Waals surface area contributed by atoms with Gasteiger partial charge in [0.15, 0.2) is 0 Å². The standard InChI is InChI=1S/C16H31N3O2/c1-15(2)10-13(16(3,4)21-15)18-14(20)17-11-7-8-12(9-11)19(5)6/h11-13H,7-10H2,1-6H3,(H2,17,18,20)/t11-,12+,13-/m0/s1. The minimum Gasteiger partial charge on any atom is -0.367 e. The van der Waals surface area contributed by atoms with Gasteiger partial charge in [-0.3, -0.25) is 0 Å². The van der Waals surface area contributed by atoms with E-state index in [9.17, 15) is 4.79 Å². The fraction of sp³-hybridized carbons (Fsp3) is 0.938. The first-order valence-corrected chi connectivity index (χ1v) is 8.03. The maximum Gasteiger partial charge on any atom is 0.315 e. The van der Waals surface area contributed by atoms with E-state index in [4.69, 9.17) is 4.74 Å². The molecule has 1 saturated carbocycles. The number of carbonyl (C=O) groups is 1. The van der Waals surface area contributed by atoms with Crippen LogP contribution in [0.2, 0.25) is 0 Å². The molecule has 0 bridgehead atoms. The lowest BCUT2D eigenvalue weighted by atomic mass is 9.95. The number of hydrogen-bond donors (Lipinski definition) is 2. The Morgan fingerprint density at radius 3 is 2.29 bits per heavy atom. The van der Waals surface area contributed by atoms with Crippen molar-refractivity contribution in [2.24, 2.45) is 0 Å². The first-order chi connectivity index (χ1) is 9.59. The maximum atomic E-state index is 12.2. The van der Waals surface area contributed by atoms with Gasteiger partial charge in [-0.2, -0.15) is 0 Å². The summed E-state index contributed by atoms with van der Waals surface area (Å²) in [4.78, 5) is 14.5. The van der Waals surface area contributed by atoms with Crippen molar-refractivity contribution in [3.05, 3.63) is 0 Å². The molecule has 2 fully saturated rings. The zero-order valence-electron chi connectivity index (χ0n) is 14.3. The third-order valence-corrected chi connectivity index (χ3v) is 4.85. The predicted octanol–water partition coefficient (Wildman–Crippen LogP) is 2.11. The molecule has 0 spiro atoms. The second-order valence-electron chi connectivity index (χ2n) is 7.97. The van der Waals surface area contributed by atoms with Crippen LogP contribution in [0, 0.1) is 0 Å². The van der Waals surface area contributed by atoms with Crippen LogP contribution in [0.5, 0.6) is 0 Å². The van der Waals surface area contributed by atoms with E-state index in [0.29, 0.717) is 6.04 Å². The van der Waals surface area contributed by atoms with Crippen LogP contribution in [-0.2, 0) is 4.74 Å². The number of urea groups is 1. The van der Waals surface area contributed by atoms with Gasteiger partial charge in [-0.15, -0.1) is 0 Å². The van der Waals surface area contributed by atoms with Gasteiger partial charge in [0.05, 0.1) is 17.2 Å². The molecule has 5 heteroatoms. The number of ether oxygens (including phenoxy) is 1. The van der Waals surface area contributed by atoms with Crippen LogP contribution in [0.15, 0.2) is 0 Å². The van der Waals surface area contributed by atoms with E-state index in [1.807, 2.05) is 13.8 Å². The summed E-state index contributed by atoms with van der Waals surface area (Å²) in [7, 11) is 4.21. The number of carbonyl (C=O) groups excluding carboxylic acids is 1. The third-order valence-electron chi connectivity index (χ3n) is 4.85. The van der Waals surface area contributed by atoms with Crippen LogP contribution in [0.1, 0.15) is 53.4 Å². The summed E-state index contributed by atoms with van der Waals surface area (Å²) in [5, 5.41) is 6.23. The van der Waals surface area contributed by atoms with Crippen molar-refractivity contribution in [1.29, 1.82) is 0 Å². The highest BCUT2D eigenvalue weighted by Crippen LogP contribution is 2.37. The van der Waals surface area contributed by atoms with E-state index in [1.165, 1.54) is 0 Å². The highest BCUT2D eigenvalue weighted by Gasteiger charge is 2.46. The highest BCUT2D eigenvalue weighted by molar-refractivity contribution is 5.74. The molecule has 0 unspecified atom stereocenters. The van der Waals surface area contributed by atoms with Crippen molar-refractivity contribution in [2.45, 2.75) is 82.7 Å². The average molecular weight is 297 g/mol. The fourth-order valence-electron chi connectivity index (χ4n) is 3.73. The van der Waals surface area contributed by atoms with Gasteiger partial charge in [0.25, 0.3) is 0 Å². The highest BCUT2D eigenvalue weighted by atomic mass is 16.5. The van der Waals surface area contributed by atoms with E-state index in [0.717, 1.165) is 25.7 Å².